The molecule has 2 rings (SSSR count). The van der Waals surface area contributed by atoms with Crippen molar-refractivity contribution in [3.8, 4) is 0 Å². The summed E-state index contributed by atoms with van der Waals surface area (Å²) >= 11 is 0. The lowest BCUT2D eigenvalue weighted by molar-refractivity contribution is 0.463. The first-order valence-corrected chi connectivity index (χ1v) is 8.32. The summed E-state index contributed by atoms with van der Waals surface area (Å²) in [4.78, 5) is 2.60. The lowest BCUT2D eigenvalue weighted by Gasteiger charge is -2.35. The molecule has 0 saturated heterocycles. The molecule has 1 aromatic carbocycles. The highest BCUT2D eigenvalue weighted by Gasteiger charge is 2.19. The van der Waals surface area contributed by atoms with E-state index in [2.05, 4.69) is 49.2 Å². The number of hydrogen-bond acceptors (Lipinski definition) is 2. The molecule has 0 saturated carbocycles. The fourth-order valence-corrected chi connectivity index (χ4v) is 3.21. The van der Waals surface area contributed by atoms with Crippen LogP contribution in [-0.4, -0.2) is 25.7 Å². The summed E-state index contributed by atoms with van der Waals surface area (Å²) in [5.41, 5.74) is 4.41. The molecule has 0 aromatic heterocycles. The number of fused-ring (bicyclic) bond motifs is 1. The van der Waals surface area contributed by atoms with Crippen LogP contribution in [0.25, 0.3) is 0 Å². The maximum absolute atomic E-state index is 3.72. The first-order chi connectivity index (χ1) is 9.74. The Morgan fingerprint density at radius 2 is 2.10 bits per heavy atom. The molecule has 0 amide bonds. The van der Waals surface area contributed by atoms with Crippen molar-refractivity contribution in [1.29, 1.82) is 0 Å². The van der Waals surface area contributed by atoms with Gasteiger partial charge in [0.05, 0.1) is 0 Å². The van der Waals surface area contributed by atoms with Crippen LogP contribution in [0.3, 0.4) is 0 Å². The van der Waals surface area contributed by atoms with Gasteiger partial charge in [-0.05, 0) is 50.8 Å². The predicted octanol–water partition coefficient (Wildman–Crippen LogP) is 3.92. The van der Waals surface area contributed by atoms with Crippen LogP contribution in [0.15, 0.2) is 18.2 Å². The number of anilines is 1. The highest BCUT2D eigenvalue weighted by molar-refractivity contribution is 5.56. The van der Waals surface area contributed by atoms with Crippen molar-refractivity contribution >= 4 is 5.69 Å². The van der Waals surface area contributed by atoms with Gasteiger partial charge in [-0.25, -0.2) is 0 Å². The van der Waals surface area contributed by atoms with Crippen LogP contribution in [0.5, 0.6) is 0 Å². The molecule has 1 N–H and O–H groups in total. The molecule has 1 aliphatic rings. The van der Waals surface area contributed by atoms with Gasteiger partial charge in [0.2, 0.25) is 0 Å². The van der Waals surface area contributed by atoms with Crippen molar-refractivity contribution in [2.45, 2.75) is 58.9 Å². The standard InChI is InChI=1S/C18H30N2/c1-4-7-17(19-11-5-2)14-20-12-6-8-16-13-15(3)9-10-18(16)20/h9-10,13,17,19H,4-8,11-12,14H2,1-3H3. The van der Waals surface area contributed by atoms with E-state index in [-0.39, 0.29) is 0 Å². The molecular formula is C18H30N2. The van der Waals surface area contributed by atoms with Gasteiger partial charge < -0.3 is 10.2 Å². The number of hydrogen-bond donors (Lipinski definition) is 1. The van der Waals surface area contributed by atoms with Crippen LogP contribution in [0.2, 0.25) is 0 Å². The second-order valence-corrected chi connectivity index (χ2v) is 6.12. The van der Waals surface area contributed by atoms with Crippen molar-refractivity contribution in [3.63, 3.8) is 0 Å². The minimum atomic E-state index is 0.632. The molecule has 20 heavy (non-hydrogen) atoms. The highest BCUT2D eigenvalue weighted by atomic mass is 15.2. The monoisotopic (exact) mass is 274 g/mol. The van der Waals surface area contributed by atoms with E-state index < -0.39 is 0 Å². The molecule has 1 heterocycles. The Morgan fingerprint density at radius 1 is 1.25 bits per heavy atom. The fraction of sp³-hybridized carbons (Fsp3) is 0.667. The van der Waals surface area contributed by atoms with E-state index >= 15 is 0 Å². The van der Waals surface area contributed by atoms with Gasteiger partial charge in [0, 0.05) is 24.8 Å². The Labute approximate surface area is 124 Å². The first-order valence-electron chi connectivity index (χ1n) is 8.32. The molecular weight excluding hydrogens is 244 g/mol. The van der Waals surface area contributed by atoms with Gasteiger partial charge in [0.1, 0.15) is 0 Å². The summed E-state index contributed by atoms with van der Waals surface area (Å²) in [6.45, 7) is 10.2. The molecule has 0 bridgehead atoms. The predicted molar refractivity (Wildman–Crippen MR) is 88.7 cm³/mol. The third kappa shape index (κ3) is 3.99. The maximum Gasteiger partial charge on any atom is 0.0399 e. The second-order valence-electron chi connectivity index (χ2n) is 6.12. The van der Waals surface area contributed by atoms with E-state index in [0.717, 1.165) is 13.1 Å². The topological polar surface area (TPSA) is 15.3 Å². The molecule has 0 aliphatic carbocycles. The van der Waals surface area contributed by atoms with Crippen molar-refractivity contribution in [3.05, 3.63) is 29.3 Å². The largest absolute Gasteiger partial charge is 0.370 e. The van der Waals surface area contributed by atoms with Crippen molar-refractivity contribution in [2.24, 2.45) is 0 Å². The smallest absolute Gasteiger partial charge is 0.0399 e. The lowest BCUT2D eigenvalue weighted by atomic mass is 9.98. The Kier molecular flexibility index (Phi) is 5.90. The first kappa shape index (κ1) is 15.4. The van der Waals surface area contributed by atoms with Crippen LogP contribution < -0.4 is 10.2 Å². The van der Waals surface area contributed by atoms with E-state index in [1.54, 1.807) is 5.56 Å². The summed E-state index contributed by atoms with van der Waals surface area (Å²) in [7, 11) is 0. The van der Waals surface area contributed by atoms with Crippen molar-refractivity contribution < 1.29 is 0 Å². The second kappa shape index (κ2) is 7.68. The van der Waals surface area contributed by atoms with Crippen LogP contribution in [0.4, 0.5) is 5.69 Å². The zero-order valence-corrected chi connectivity index (χ0v) is 13.4. The Balaban J connectivity index is 2.05. The molecule has 0 radical (unpaired) electrons. The van der Waals surface area contributed by atoms with Crippen LogP contribution in [0, 0.1) is 6.92 Å². The van der Waals surface area contributed by atoms with Crippen molar-refractivity contribution in [1.82, 2.24) is 5.32 Å². The van der Waals surface area contributed by atoms with Gasteiger partial charge >= 0.3 is 0 Å². The number of rotatable bonds is 7. The van der Waals surface area contributed by atoms with E-state index in [4.69, 9.17) is 0 Å². The average molecular weight is 274 g/mol. The molecule has 1 aromatic rings. The van der Waals surface area contributed by atoms with Crippen LogP contribution in [-0.2, 0) is 6.42 Å². The summed E-state index contributed by atoms with van der Waals surface area (Å²) < 4.78 is 0. The summed E-state index contributed by atoms with van der Waals surface area (Å²) in [5.74, 6) is 0. The van der Waals surface area contributed by atoms with Gasteiger partial charge in [-0.3, -0.25) is 0 Å². The minimum absolute atomic E-state index is 0.632. The fourth-order valence-electron chi connectivity index (χ4n) is 3.21. The Morgan fingerprint density at radius 3 is 2.85 bits per heavy atom. The van der Waals surface area contributed by atoms with Crippen LogP contribution >= 0.6 is 0 Å². The van der Waals surface area contributed by atoms with Gasteiger partial charge in [0.15, 0.2) is 0 Å². The summed E-state index contributed by atoms with van der Waals surface area (Å²) in [5, 5.41) is 3.72. The van der Waals surface area contributed by atoms with Gasteiger partial charge in [-0.15, -0.1) is 0 Å². The Hall–Kier alpha value is -1.02. The SMILES string of the molecule is CCCNC(CCC)CN1CCCc2cc(C)ccc21. The molecule has 0 spiro atoms. The molecule has 1 aliphatic heterocycles. The zero-order chi connectivity index (χ0) is 14.4. The van der Waals surface area contributed by atoms with Gasteiger partial charge in [-0.1, -0.05) is 38.0 Å². The third-order valence-electron chi connectivity index (χ3n) is 4.21. The maximum atomic E-state index is 3.72. The van der Waals surface area contributed by atoms with Gasteiger partial charge in [-0.2, -0.15) is 0 Å². The number of nitrogens with one attached hydrogen (secondary N) is 1. The van der Waals surface area contributed by atoms with E-state index in [1.807, 2.05) is 0 Å². The van der Waals surface area contributed by atoms with E-state index in [0.29, 0.717) is 6.04 Å². The average Bonchev–Trinajstić information content (AvgIpc) is 2.45. The number of nitrogens with zero attached hydrogens (tertiary/aromatic N) is 1. The van der Waals surface area contributed by atoms with E-state index in [1.165, 1.54) is 49.9 Å². The van der Waals surface area contributed by atoms with E-state index in [9.17, 15) is 0 Å². The zero-order valence-electron chi connectivity index (χ0n) is 13.4. The lowest BCUT2D eigenvalue weighted by Crippen LogP contribution is -2.43. The molecule has 112 valence electrons. The minimum Gasteiger partial charge on any atom is -0.370 e. The molecule has 1 atom stereocenters. The summed E-state index contributed by atoms with van der Waals surface area (Å²) in [6, 6.07) is 7.58. The Bertz CT molecular complexity index is 414. The number of aryl methyl sites for hydroxylation is 2. The van der Waals surface area contributed by atoms with Crippen molar-refractivity contribution in [2.75, 3.05) is 24.5 Å². The normalized spacial score (nSPS) is 16.1. The number of benzene rings is 1. The molecule has 0 fully saturated rings. The molecule has 1 unspecified atom stereocenters. The summed E-state index contributed by atoms with van der Waals surface area (Å²) in [6.07, 6.45) is 6.29. The molecule has 2 heteroatoms. The van der Waals surface area contributed by atoms with Crippen LogP contribution in [0.1, 0.15) is 50.7 Å². The third-order valence-corrected chi connectivity index (χ3v) is 4.21. The molecule has 2 nitrogen and oxygen atoms in total. The quantitative estimate of drug-likeness (QED) is 0.811. The highest BCUT2D eigenvalue weighted by Crippen LogP contribution is 2.28. The van der Waals surface area contributed by atoms with Gasteiger partial charge in [0.25, 0.3) is 0 Å².